The molecule has 1 aliphatic heterocycles. The molecule has 0 bridgehead atoms. The molecule has 5 nitrogen and oxygen atoms in total. The molecule has 0 radical (unpaired) electrons. The summed E-state index contributed by atoms with van der Waals surface area (Å²) in [6.45, 7) is 0. The summed E-state index contributed by atoms with van der Waals surface area (Å²) >= 11 is 0. The molecule has 0 amide bonds. The van der Waals surface area contributed by atoms with Gasteiger partial charge in [0.25, 0.3) is 0 Å². The topological polar surface area (TPSA) is 89.2 Å². The number of benzene rings is 2. The predicted octanol–water partition coefficient (Wildman–Crippen LogP) is 2.84. The van der Waals surface area contributed by atoms with Crippen LogP contribution in [-0.2, 0) is 0 Å². The molecule has 1 aliphatic rings. The number of aliphatic imine (C=N–C) groups is 1. The fourth-order valence-electron chi connectivity index (χ4n) is 2.53. The van der Waals surface area contributed by atoms with Gasteiger partial charge in [0.05, 0.1) is 17.5 Å². The Kier molecular flexibility index (Phi) is 4.25. The maximum Gasteiger partial charge on any atom is 0.183 e. The summed E-state index contributed by atoms with van der Waals surface area (Å²) in [7, 11) is 0. The van der Waals surface area contributed by atoms with Gasteiger partial charge in [-0.2, -0.15) is 10.5 Å². The van der Waals surface area contributed by atoms with Crippen LogP contribution in [0.3, 0.4) is 0 Å². The van der Waals surface area contributed by atoms with Gasteiger partial charge in [-0.1, -0.05) is 0 Å². The van der Waals surface area contributed by atoms with Crippen LogP contribution in [0.15, 0.2) is 53.5 Å². The molecule has 122 valence electrons. The van der Waals surface area contributed by atoms with Crippen molar-refractivity contribution >= 4 is 17.1 Å². The monoisotopic (exact) mass is 335 g/mol. The quantitative estimate of drug-likeness (QED) is 0.855. The highest BCUT2D eigenvalue weighted by atomic mass is 19.1. The van der Waals surface area contributed by atoms with Crippen molar-refractivity contribution in [2.75, 3.05) is 0 Å². The van der Waals surface area contributed by atoms with Crippen LogP contribution < -0.4 is 5.84 Å². The number of halogens is 2. The lowest BCUT2D eigenvalue weighted by molar-refractivity contribution is 0.419. The molecule has 3 rings (SSSR count). The van der Waals surface area contributed by atoms with E-state index in [1.165, 1.54) is 48.5 Å². The zero-order valence-electron chi connectivity index (χ0n) is 12.8. The third kappa shape index (κ3) is 2.97. The van der Waals surface area contributed by atoms with Crippen LogP contribution >= 0.6 is 0 Å². The van der Waals surface area contributed by atoms with E-state index in [1.807, 2.05) is 12.1 Å². The van der Waals surface area contributed by atoms with Gasteiger partial charge in [0.2, 0.25) is 0 Å². The molecule has 25 heavy (non-hydrogen) atoms. The highest BCUT2D eigenvalue weighted by Crippen LogP contribution is 2.34. The van der Waals surface area contributed by atoms with Crippen molar-refractivity contribution in [1.82, 2.24) is 5.01 Å². The minimum Gasteiger partial charge on any atom is -0.284 e. The van der Waals surface area contributed by atoms with Crippen molar-refractivity contribution in [1.29, 1.82) is 10.5 Å². The van der Waals surface area contributed by atoms with E-state index < -0.39 is 17.7 Å². The molecule has 0 saturated carbocycles. The lowest BCUT2D eigenvalue weighted by atomic mass is 10.00. The van der Waals surface area contributed by atoms with Crippen LogP contribution in [-0.4, -0.2) is 16.8 Å². The lowest BCUT2D eigenvalue weighted by Gasteiger charge is -2.31. The third-order valence-electron chi connectivity index (χ3n) is 3.72. The summed E-state index contributed by atoms with van der Waals surface area (Å²) in [6.07, 6.45) is 0. The Morgan fingerprint density at radius 2 is 1.44 bits per heavy atom. The van der Waals surface area contributed by atoms with Gasteiger partial charge >= 0.3 is 0 Å². The molecule has 2 aromatic carbocycles. The Labute approximate surface area is 142 Å². The number of hydrogen-bond acceptors (Lipinski definition) is 5. The molecule has 2 N–H and O–H groups in total. The second kappa shape index (κ2) is 6.52. The number of nitrogens with zero attached hydrogens (tertiary/aromatic N) is 4. The minimum absolute atomic E-state index is 0.0739. The number of hydrogen-bond donors (Lipinski definition) is 1. The fraction of sp³-hybridized carbons (Fsp3) is 0.0556. The van der Waals surface area contributed by atoms with E-state index in [-0.39, 0.29) is 5.71 Å². The molecule has 1 unspecified atom stereocenters. The van der Waals surface area contributed by atoms with Crippen molar-refractivity contribution in [3.8, 4) is 12.1 Å². The van der Waals surface area contributed by atoms with Gasteiger partial charge < -0.3 is 0 Å². The Balaban J connectivity index is 2.28. The maximum absolute atomic E-state index is 13.2. The van der Waals surface area contributed by atoms with E-state index in [2.05, 4.69) is 4.99 Å². The van der Waals surface area contributed by atoms with Crippen LogP contribution in [0, 0.1) is 34.3 Å². The summed E-state index contributed by atoms with van der Waals surface area (Å²) in [5, 5.41) is 19.7. The van der Waals surface area contributed by atoms with E-state index in [4.69, 9.17) is 5.84 Å². The SMILES string of the molecule is N#CC1=NC(c2ccc(F)cc2)=C(c2ccc(F)cc2)N(N)C1C#N. The first-order valence-corrected chi connectivity index (χ1v) is 7.23. The van der Waals surface area contributed by atoms with Crippen molar-refractivity contribution in [2.45, 2.75) is 6.04 Å². The van der Waals surface area contributed by atoms with E-state index in [0.717, 1.165) is 5.01 Å². The molecular formula is C18H11F2N5. The summed E-state index contributed by atoms with van der Waals surface area (Å²) < 4.78 is 26.5. The van der Waals surface area contributed by atoms with E-state index >= 15 is 0 Å². The van der Waals surface area contributed by atoms with Crippen molar-refractivity contribution in [3.05, 3.63) is 71.3 Å². The molecule has 0 aliphatic carbocycles. The standard InChI is InChI=1S/C18H11F2N5/c19-13-5-1-11(2-6-13)17-18(12-3-7-14(20)8-4-12)25(23)16(10-22)15(9-21)24-17/h1-8,16H,23H2. The average molecular weight is 335 g/mol. The average Bonchev–Trinajstić information content (AvgIpc) is 2.62. The van der Waals surface area contributed by atoms with Gasteiger partial charge in [0.15, 0.2) is 11.8 Å². The largest absolute Gasteiger partial charge is 0.284 e. The molecule has 2 aromatic rings. The molecule has 0 aromatic heterocycles. The third-order valence-corrected chi connectivity index (χ3v) is 3.72. The summed E-state index contributed by atoms with van der Waals surface area (Å²) in [6, 6.07) is 13.7. The minimum atomic E-state index is -1.07. The van der Waals surface area contributed by atoms with Gasteiger partial charge in [0.1, 0.15) is 17.7 Å². The Morgan fingerprint density at radius 1 is 0.920 bits per heavy atom. The van der Waals surface area contributed by atoms with Crippen molar-refractivity contribution in [3.63, 3.8) is 0 Å². The van der Waals surface area contributed by atoms with Crippen LogP contribution in [0.5, 0.6) is 0 Å². The van der Waals surface area contributed by atoms with Gasteiger partial charge in [-0.15, -0.1) is 0 Å². The molecule has 1 heterocycles. The Bertz CT molecular complexity index is 947. The van der Waals surface area contributed by atoms with Crippen LogP contribution in [0.25, 0.3) is 11.4 Å². The van der Waals surface area contributed by atoms with Gasteiger partial charge in [0, 0.05) is 11.1 Å². The number of hydrazine groups is 1. The smallest absolute Gasteiger partial charge is 0.183 e. The maximum atomic E-state index is 13.2. The van der Waals surface area contributed by atoms with Crippen molar-refractivity contribution < 1.29 is 8.78 Å². The molecule has 0 spiro atoms. The van der Waals surface area contributed by atoms with Gasteiger partial charge in [-0.05, 0) is 48.5 Å². The fourth-order valence-corrected chi connectivity index (χ4v) is 2.53. The van der Waals surface area contributed by atoms with Crippen molar-refractivity contribution in [2.24, 2.45) is 10.8 Å². The molecule has 0 fully saturated rings. The summed E-state index contributed by atoms with van der Waals surface area (Å²) in [5.74, 6) is 5.23. The first-order chi connectivity index (χ1) is 12.0. The molecular weight excluding hydrogens is 324 g/mol. The van der Waals surface area contributed by atoms with E-state index in [0.29, 0.717) is 22.5 Å². The van der Waals surface area contributed by atoms with E-state index in [9.17, 15) is 19.3 Å². The first-order valence-electron chi connectivity index (χ1n) is 7.23. The first kappa shape index (κ1) is 16.3. The summed E-state index contributed by atoms with van der Waals surface area (Å²) in [4.78, 5) is 4.26. The molecule has 1 atom stereocenters. The van der Waals surface area contributed by atoms with Gasteiger partial charge in [-0.25, -0.2) is 19.6 Å². The van der Waals surface area contributed by atoms with E-state index in [1.54, 1.807) is 0 Å². The second-order valence-corrected chi connectivity index (χ2v) is 5.26. The molecule has 0 saturated heterocycles. The molecule has 7 heteroatoms. The highest BCUT2D eigenvalue weighted by Gasteiger charge is 2.32. The Hall–Kier alpha value is -3.55. The lowest BCUT2D eigenvalue weighted by Crippen LogP contribution is -2.45. The second-order valence-electron chi connectivity index (χ2n) is 5.26. The number of rotatable bonds is 2. The normalized spacial score (nSPS) is 16.9. The number of nitriles is 2. The highest BCUT2D eigenvalue weighted by molar-refractivity contribution is 6.12. The van der Waals surface area contributed by atoms with Crippen LogP contribution in [0.4, 0.5) is 8.78 Å². The zero-order valence-corrected chi connectivity index (χ0v) is 12.8. The zero-order chi connectivity index (χ0) is 18.0. The van der Waals surface area contributed by atoms with Gasteiger partial charge in [-0.3, -0.25) is 5.01 Å². The van der Waals surface area contributed by atoms with Crippen LogP contribution in [0.2, 0.25) is 0 Å². The van der Waals surface area contributed by atoms with Crippen LogP contribution in [0.1, 0.15) is 11.1 Å². The Morgan fingerprint density at radius 3 is 1.92 bits per heavy atom. The number of nitrogens with two attached hydrogens (primary N) is 1. The summed E-state index contributed by atoms with van der Waals surface area (Å²) in [5.41, 5.74) is 1.61. The predicted molar refractivity (Wildman–Crippen MR) is 88.1 cm³/mol.